The lowest BCUT2D eigenvalue weighted by molar-refractivity contribution is 0.154. The normalized spacial score (nSPS) is 27.4. The Kier molecular flexibility index (Phi) is 7.66. The van der Waals surface area contributed by atoms with E-state index in [1.54, 1.807) is 6.07 Å². The third-order valence-corrected chi connectivity index (χ3v) is 9.71. The van der Waals surface area contributed by atoms with Gasteiger partial charge in [-0.25, -0.2) is 8.42 Å². The van der Waals surface area contributed by atoms with Crippen molar-refractivity contribution in [1.82, 2.24) is 9.62 Å². The number of benzene rings is 2. The first-order valence-electron chi connectivity index (χ1n) is 12.5. The van der Waals surface area contributed by atoms with Crippen molar-refractivity contribution in [3.05, 3.63) is 36.4 Å². The van der Waals surface area contributed by atoms with Crippen LogP contribution >= 0.6 is 0 Å². The van der Waals surface area contributed by atoms with Crippen LogP contribution in [0.4, 0.5) is 0 Å². The Morgan fingerprint density at radius 1 is 1.03 bits per heavy atom. The van der Waals surface area contributed by atoms with Gasteiger partial charge in [-0.15, -0.1) is 0 Å². The highest BCUT2D eigenvalue weighted by Crippen LogP contribution is 2.38. The summed E-state index contributed by atoms with van der Waals surface area (Å²) in [5.41, 5.74) is 0. The lowest BCUT2D eigenvalue weighted by atomic mass is 9.84. The van der Waals surface area contributed by atoms with Gasteiger partial charge in [-0.2, -0.15) is 4.31 Å². The van der Waals surface area contributed by atoms with E-state index in [2.05, 4.69) is 12.2 Å². The number of nitrogens with zero attached hydrogens (tertiary/aromatic N) is 1. The van der Waals surface area contributed by atoms with E-state index in [-0.39, 0.29) is 19.6 Å². The summed E-state index contributed by atoms with van der Waals surface area (Å²) < 4.78 is 36.0. The molecule has 182 valence electrons. The molecule has 2 heterocycles. The van der Waals surface area contributed by atoms with Crippen molar-refractivity contribution in [3.63, 3.8) is 0 Å². The van der Waals surface area contributed by atoms with Crippen LogP contribution in [0.3, 0.4) is 0 Å². The summed E-state index contributed by atoms with van der Waals surface area (Å²) in [6, 6.07) is 12.0. The van der Waals surface area contributed by atoms with Crippen molar-refractivity contribution in [2.24, 2.45) is 5.92 Å². The number of hydrogen-bond acceptors (Lipinski definition) is 4. The molecule has 4 atom stereocenters. The summed E-state index contributed by atoms with van der Waals surface area (Å²) in [6.45, 7) is 3.75. The van der Waals surface area contributed by atoms with Crippen LogP contribution in [-0.4, -0.2) is 44.0 Å². The molecule has 5 nitrogen and oxygen atoms in total. The molecule has 5 rings (SSSR count). The summed E-state index contributed by atoms with van der Waals surface area (Å²) in [4.78, 5) is 0.374. The van der Waals surface area contributed by atoms with E-state index >= 15 is 0 Å². The van der Waals surface area contributed by atoms with E-state index < -0.39 is 10.0 Å². The fraction of sp³-hybridized carbons (Fsp3) is 0.630. The second kappa shape index (κ2) is 10.3. The first-order valence-corrected chi connectivity index (χ1v) is 13.9. The van der Waals surface area contributed by atoms with Gasteiger partial charge in [0.25, 0.3) is 0 Å². The van der Waals surface area contributed by atoms with Gasteiger partial charge in [0.05, 0.1) is 4.90 Å². The van der Waals surface area contributed by atoms with Crippen LogP contribution in [0.5, 0.6) is 5.75 Å². The number of piperidine rings is 1. The largest absolute Gasteiger partial charge is 0.488 e. The molecule has 2 bridgehead atoms. The summed E-state index contributed by atoms with van der Waals surface area (Å²) in [5, 5.41) is 5.46. The number of nitrogens with one attached hydrogen (secondary N) is 1. The number of sulfonamides is 1. The van der Waals surface area contributed by atoms with Crippen LogP contribution in [0, 0.1) is 5.92 Å². The van der Waals surface area contributed by atoms with Crippen molar-refractivity contribution in [3.8, 4) is 5.75 Å². The molecule has 3 fully saturated rings. The van der Waals surface area contributed by atoms with E-state index in [4.69, 9.17) is 4.74 Å². The SMILES string of the molecule is C.CC(Oc1cc(S(=O)(=O)N2CCCC3CCCC2C3)cc2ccccc12)C1CCCCN1. The average Bonchev–Trinajstić information content (AvgIpc) is 2.96. The van der Waals surface area contributed by atoms with Gasteiger partial charge in [-0.1, -0.05) is 51.0 Å². The van der Waals surface area contributed by atoms with Gasteiger partial charge < -0.3 is 10.1 Å². The molecule has 2 aromatic rings. The molecule has 0 aromatic heterocycles. The summed E-state index contributed by atoms with van der Waals surface area (Å²) in [7, 11) is -3.57. The Labute approximate surface area is 199 Å². The zero-order chi connectivity index (χ0) is 22.1. The Hall–Kier alpha value is -1.63. The van der Waals surface area contributed by atoms with Gasteiger partial charge in [0.2, 0.25) is 10.0 Å². The fourth-order valence-corrected chi connectivity index (χ4v) is 7.77. The van der Waals surface area contributed by atoms with E-state index in [1.807, 2.05) is 34.6 Å². The van der Waals surface area contributed by atoms with Crippen LogP contribution in [0.25, 0.3) is 10.8 Å². The number of rotatable bonds is 5. The number of hydrogen-bond donors (Lipinski definition) is 1. The quantitative estimate of drug-likeness (QED) is 0.604. The van der Waals surface area contributed by atoms with Gasteiger partial charge in [0, 0.05) is 30.1 Å². The van der Waals surface area contributed by atoms with E-state index in [9.17, 15) is 8.42 Å². The Morgan fingerprint density at radius 3 is 2.67 bits per heavy atom. The zero-order valence-corrected chi connectivity index (χ0v) is 19.9. The van der Waals surface area contributed by atoms with Crippen molar-refractivity contribution < 1.29 is 13.2 Å². The number of fused-ring (bicyclic) bond motifs is 3. The Balaban J connectivity index is 0.00000259. The molecule has 1 aliphatic carbocycles. The molecule has 2 aromatic carbocycles. The molecule has 2 saturated heterocycles. The molecule has 0 amide bonds. The molecular formula is C27H40N2O3S. The average molecular weight is 473 g/mol. The van der Waals surface area contributed by atoms with Crippen molar-refractivity contribution >= 4 is 20.8 Å². The van der Waals surface area contributed by atoms with Gasteiger partial charge in [0.15, 0.2) is 0 Å². The molecule has 1 N–H and O–H groups in total. The third-order valence-electron chi connectivity index (χ3n) is 7.79. The molecular weight excluding hydrogens is 432 g/mol. The fourth-order valence-electron chi connectivity index (χ4n) is 6.01. The Bertz CT molecular complexity index is 1050. The van der Waals surface area contributed by atoms with Crippen LogP contribution in [0.2, 0.25) is 0 Å². The maximum atomic E-state index is 13.9. The smallest absolute Gasteiger partial charge is 0.243 e. The standard InChI is InChI=1S/C26H36N2O3S.CH4/c1-19(25-13-4-5-14-27-25)31-26-18-23(17-21-10-2-3-12-24(21)26)32(29,30)28-15-7-9-20-8-6-11-22(28)16-20;/h2-3,10,12,17-20,22,25,27H,4-9,11,13-16H2,1H3;1H4. The predicted molar refractivity (Wildman–Crippen MR) is 135 cm³/mol. The van der Waals surface area contributed by atoms with Crippen LogP contribution in [0.1, 0.15) is 72.1 Å². The molecule has 1 saturated carbocycles. The van der Waals surface area contributed by atoms with Crippen LogP contribution in [0.15, 0.2) is 41.3 Å². The minimum atomic E-state index is -3.57. The lowest BCUT2D eigenvalue weighted by Crippen LogP contribution is -2.44. The molecule has 0 radical (unpaired) electrons. The zero-order valence-electron chi connectivity index (χ0n) is 19.1. The first kappa shape index (κ1) is 24.5. The maximum absolute atomic E-state index is 13.9. The van der Waals surface area contributed by atoms with E-state index in [1.165, 1.54) is 19.3 Å². The van der Waals surface area contributed by atoms with Gasteiger partial charge in [-0.3, -0.25) is 0 Å². The minimum absolute atomic E-state index is 0. The minimum Gasteiger partial charge on any atom is -0.488 e. The predicted octanol–water partition coefficient (Wildman–Crippen LogP) is 5.73. The third kappa shape index (κ3) is 5.08. The lowest BCUT2D eigenvalue weighted by Gasteiger charge is -2.33. The van der Waals surface area contributed by atoms with E-state index in [0.717, 1.165) is 55.8 Å². The highest BCUT2D eigenvalue weighted by Gasteiger charge is 2.37. The van der Waals surface area contributed by atoms with Crippen LogP contribution < -0.4 is 10.1 Å². The first-order chi connectivity index (χ1) is 15.5. The van der Waals surface area contributed by atoms with Gasteiger partial charge >= 0.3 is 0 Å². The monoisotopic (exact) mass is 472 g/mol. The molecule has 33 heavy (non-hydrogen) atoms. The Morgan fingerprint density at radius 2 is 1.85 bits per heavy atom. The molecule has 3 aliphatic rings. The summed E-state index contributed by atoms with van der Waals surface area (Å²) in [5.74, 6) is 1.37. The summed E-state index contributed by atoms with van der Waals surface area (Å²) in [6.07, 6.45) is 9.99. The second-order valence-electron chi connectivity index (χ2n) is 9.97. The molecule has 0 spiro atoms. The second-order valence-corrected chi connectivity index (χ2v) is 11.9. The highest BCUT2D eigenvalue weighted by atomic mass is 32.2. The van der Waals surface area contributed by atoms with E-state index in [0.29, 0.717) is 29.1 Å². The molecule has 4 unspecified atom stereocenters. The van der Waals surface area contributed by atoms with Gasteiger partial charge in [-0.05, 0) is 69.4 Å². The molecule has 6 heteroatoms. The highest BCUT2D eigenvalue weighted by molar-refractivity contribution is 7.89. The summed E-state index contributed by atoms with van der Waals surface area (Å²) >= 11 is 0. The van der Waals surface area contributed by atoms with Crippen molar-refractivity contribution in [1.29, 1.82) is 0 Å². The van der Waals surface area contributed by atoms with Crippen molar-refractivity contribution in [2.45, 2.75) is 95.2 Å². The van der Waals surface area contributed by atoms with Crippen molar-refractivity contribution in [2.75, 3.05) is 13.1 Å². The number of ether oxygens (including phenoxy) is 1. The molecule has 2 aliphatic heterocycles. The maximum Gasteiger partial charge on any atom is 0.243 e. The topological polar surface area (TPSA) is 58.6 Å². The van der Waals surface area contributed by atoms with Crippen LogP contribution in [-0.2, 0) is 10.0 Å². The van der Waals surface area contributed by atoms with Gasteiger partial charge in [0.1, 0.15) is 11.9 Å².